The lowest BCUT2D eigenvalue weighted by Crippen LogP contribution is -2.58. The maximum Gasteiger partial charge on any atom is 0.309 e. The molecule has 4 rings (SSSR count). The summed E-state index contributed by atoms with van der Waals surface area (Å²) in [6.07, 6.45) is 10.4. The van der Waals surface area contributed by atoms with Gasteiger partial charge in [-0.05, 0) is 92.8 Å². The third-order valence-electron chi connectivity index (χ3n) is 9.00. The van der Waals surface area contributed by atoms with E-state index in [0.29, 0.717) is 29.8 Å². The smallest absolute Gasteiger partial charge is 0.309 e. The molecule has 0 aromatic rings. The molecule has 130 valence electrons. The molecule has 3 heteroatoms. The molecular weight excluding hydrogens is 288 g/mol. The molecule has 0 unspecified atom stereocenters. The molecule has 4 aliphatic rings. The summed E-state index contributed by atoms with van der Waals surface area (Å²) in [5.74, 6) is 1.68. The number of hydrogen-bond donors (Lipinski definition) is 2. The van der Waals surface area contributed by atoms with Gasteiger partial charge in [-0.2, -0.15) is 0 Å². The third kappa shape index (κ3) is 1.95. The first-order valence-corrected chi connectivity index (χ1v) is 9.70. The summed E-state index contributed by atoms with van der Waals surface area (Å²) in [6.45, 7) is 4.80. The highest BCUT2D eigenvalue weighted by atomic mass is 16.4. The van der Waals surface area contributed by atoms with Crippen LogP contribution in [0.15, 0.2) is 0 Å². The summed E-state index contributed by atoms with van der Waals surface area (Å²) in [4.78, 5) is 12.1. The fourth-order valence-corrected chi connectivity index (χ4v) is 8.06. The van der Waals surface area contributed by atoms with E-state index in [1.54, 1.807) is 0 Å². The van der Waals surface area contributed by atoms with Gasteiger partial charge in [-0.15, -0.1) is 0 Å². The maximum absolute atomic E-state index is 12.1. The number of carboxylic acid groups (broad SMARTS) is 1. The van der Waals surface area contributed by atoms with Crippen LogP contribution in [0.3, 0.4) is 0 Å². The second-order valence-electron chi connectivity index (χ2n) is 9.78. The number of aliphatic carboxylic acids is 1. The van der Waals surface area contributed by atoms with E-state index >= 15 is 0 Å². The highest BCUT2D eigenvalue weighted by molar-refractivity contribution is 5.75. The summed E-state index contributed by atoms with van der Waals surface area (Å²) in [5, 5.41) is 19.7. The van der Waals surface area contributed by atoms with E-state index in [1.807, 2.05) is 6.92 Å². The topological polar surface area (TPSA) is 57.5 Å². The molecule has 3 nitrogen and oxygen atoms in total. The predicted molar refractivity (Wildman–Crippen MR) is 88.9 cm³/mol. The van der Waals surface area contributed by atoms with Crippen molar-refractivity contribution in [2.24, 2.45) is 39.9 Å². The van der Waals surface area contributed by atoms with Crippen LogP contribution in [-0.4, -0.2) is 22.8 Å². The Balaban J connectivity index is 1.71. The van der Waals surface area contributed by atoms with Gasteiger partial charge in [-0.1, -0.05) is 13.3 Å². The molecule has 4 aliphatic carbocycles. The zero-order valence-corrected chi connectivity index (χ0v) is 14.7. The van der Waals surface area contributed by atoms with Crippen LogP contribution in [0.4, 0.5) is 0 Å². The average Bonchev–Trinajstić information content (AvgIpc) is 2.77. The van der Waals surface area contributed by atoms with Gasteiger partial charge < -0.3 is 10.2 Å². The number of rotatable bonds is 2. The predicted octanol–water partition coefficient (Wildman–Crippen LogP) is 4.09. The van der Waals surface area contributed by atoms with Gasteiger partial charge in [0.05, 0.1) is 5.41 Å². The van der Waals surface area contributed by atoms with E-state index in [1.165, 1.54) is 38.5 Å². The summed E-state index contributed by atoms with van der Waals surface area (Å²) in [6, 6.07) is 0. The molecule has 0 aliphatic heterocycles. The number of aliphatic hydroxyl groups is 1. The van der Waals surface area contributed by atoms with E-state index in [4.69, 9.17) is 0 Å². The van der Waals surface area contributed by atoms with E-state index in [-0.39, 0.29) is 5.41 Å². The minimum absolute atomic E-state index is 0.193. The van der Waals surface area contributed by atoms with E-state index in [2.05, 4.69) is 6.92 Å². The molecule has 2 N–H and O–H groups in total. The number of hydrogen-bond acceptors (Lipinski definition) is 2. The third-order valence-corrected chi connectivity index (χ3v) is 9.00. The summed E-state index contributed by atoms with van der Waals surface area (Å²) >= 11 is 0. The van der Waals surface area contributed by atoms with Crippen molar-refractivity contribution in [3.8, 4) is 0 Å². The SMILES string of the molecule is C[C@@]12CCC[C@@](C)(C(=O)O)[C@H]1CC[C@]13C[C@@H](CO)[C@@H](CC[C@H]12)C3. The Labute approximate surface area is 139 Å². The number of fused-ring (bicyclic) bond motifs is 3. The highest BCUT2D eigenvalue weighted by Crippen LogP contribution is 2.72. The molecule has 1 spiro atoms. The van der Waals surface area contributed by atoms with Crippen LogP contribution in [-0.2, 0) is 4.79 Å². The van der Waals surface area contributed by atoms with Gasteiger partial charge in [-0.25, -0.2) is 0 Å². The van der Waals surface area contributed by atoms with Crippen LogP contribution >= 0.6 is 0 Å². The first kappa shape index (κ1) is 15.9. The van der Waals surface area contributed by atoms with Crippen molar-refractivity contribution in [2.45, 2.75) is 71.6 Å². The van der Waals surface area contributed by atoms with Crippen LogP contribution in [0.1, 0.15) is 71.6 Å². The first-order chi connectivity index (χ1) is 10.9. The molecule has 0 aromatic carbocycles. The van der Waals surface area contributed by atoms with Gasteiger partial charge in [0.2, 0.25) is 0 Å². The second-order valence-corrected chi connectivity index (χ2v) is 9.78. The fraction of sp³-hybridized carbons (Fsp3) is 0.950. The lowest BCUT2D eigenvalue weighted by molar-refractivity contribution is -0.181. The van der Waals surface area contributed by atoms with Crippen LogP contribution in [0.25, 0.3) is 0 Å². The Hall–Kier alpha value is -0.570. The van der Waals surface area contributed by atoms with Crippen LogP contribution in [0.2, 0.25) is 0 Å². The molecular formula is C20H32O3. The van der Waals surface area contributed by atoms with Crippen molar-refractivity contribution in [1.29, 1.82) is 0 Å². The van der Waals surface area contributed by atoms with Crippen LogP contribution < -0.4 is 0 Å². The van der Waals surface area contributed by atoms with Gasteiger partial charge in [0.1, 0.15) is 0 Å². The minimum Gasteiger partial charge on any atom is -0.481 e. The van der Waals surface area contributed by atoms with Crippen molar-refractivity contribution in [1.82, 2.24) is 0 Å². The molecule has 0 radical (unpaired) electrons. The Kier molecular flexibility index (Phi) is 3.44. The van der Waals surface area contributed by atoms with Crippen LogP contribution in [0.5, 0.6) is 0 Å². The molecule has 7 atom stereocenters. The van der Waals surface area contributed by atoms with Crippen molar-refractivity contribution in [3.05, 3.63) is 0 Å². The zero-order chi connectivity index (χ0) is 16.5. The van der Waals surface area contributed by atoms with Crippen molar-refractivity contribution in [2.75, 3.05) is 6.61 Å². The van der Waals surface area contributed by atoms with Gasteiger partial charge in [-0.3, -0.25) is 4.79 Å². The van der Waals surface area contributed by atoms with E-state index in [9.17, 15) is 15.0 Å². The van der Waals surface area contributed by atoms with Crippen molar-refractivity contribution < 1.29 is 15.0 Å². The first-order valence-electron chi connectivity index (χ1n) is 9.70. The fourth-order valence-electron chi connectivity index (χ4n) is 8.06. The molecule has 2 bridgehead atoms. The second kappa shape index (κ2) is 4.97. The number of carbonyl (C=O) groups is 1. The number of aliphatic hydroxyl groups excluding tert-OH is 1. The summed E-state index contributed by atoms with van der Waals surface area (Å²) in [5.41, 5.74) is 0.0811. The van der Waals surface area contributed by atoms with Gasteiger partial charge >= 0.3 is 5.97 Å². The van der Waals surface area contributed by atoms with Gasteiger partial charge in [0.15, 0.2) is 0 Å². The zero-order valence-electron chi connectivity index (χ0n) is 14.7. The lowest BCUT2D eigenvalue weighted by Gasteiger charge is -2.63. The van der Waals surface area contributed by atoms with Crippen LogP contribution in [0, 0.1) is 39.9 Å². The Morgan fingerprint density at radius 1 is 1.04 bits per heavy atom. The molecule has 0 heterocycles. The standard InChI is InChI=1S/C20H32O3/c1-18-7-3-8-19(2,17(22)23)15(18)6-9-20-10-13(4-5-16(18)20)14(11-20)12-21/h13-16,21H,3-12H2,1-2H3,(H,22,23)/t13-,14-,15-,16-,18+,19+,20-/m0/s1. The van der Waals surface area contributed by atoms with Crippen molar-refractivity contribution in [3.63, 3.8) is 0 Å². The molecule has 4 fully saturated rings. The molecule has 23 heavy (non-hydrogen) atoms. The number of carboxylic acids is 1. The minimum atomic E-state index is -0.572. The lowest BCUT2D eigenvalue weighted by atomic mass is 9.41. The Morgan fingerprint density at radius 3 is 2.52 bits per heavy atom. The molecule has 0 amide bonds. The Morgan fingerprint density at radius 2 is 1.83 bits per heavy atom. The summed E-state index contributed by atoms with van der Waals surface area (Å²) in [7, 11) is 0. The van der Waals surface area contributed by atoms with Gasteiger partial charge in [0.25, 0.3) is 0 Å². The monoisotopic (exact) mass is 320 g/mol. The Bertz CT molecular complexity index is 517. The summed E-state index contributed by atoms with van der Waals surface area (Å²) < 4.78 is 0. The largest absolute Gasteiger partial charge is 0.481 e. The average molecular weight is 320 g/mol. The molecule has 0 saturated heterocycles. The normalized spacial score (nSPS) is 55.1. The highest BCUT2D eigenvalue weighted by Gasteiger charge is 2.65. The van der Waals surface area contributed by atoms with Gasteiger partial charge in [0, 0.05) is 6.61 Å². The molecule has 4 saturated carbocycles. The van der Waals surface area contributed by atoms with Crippen molar-refractivity contribution >= 4 is 5.97 Å². The van der Waals surface area contributed by atoms with E-state index in [0.717, 1.165) is 25.2 Å². The quantitative estimate of drug-likeness (QED) is 0.805. The maximum atomic E-state index is 12.1. The van der Waals surface area contributed by atoms with E-state index < -0.39 is 11.4 Å². The molecule has 0 aromatic heterocycles.